The van der Waals surface area contributed by atoms with Crippen molar-refractivity contribution >= 4 is 25.6 Å². The molecule has 9 heteroatoms. The molecule has 4 aliphatic rings. The topological polar surface area (TPSA) is 67.7 Å². The van der Waals surface area contributed by atoms with E-state index in [0.717, 1.165) is 76.8 Å². The van der Waals surface area contributed by atoms with Crippen LogP contribution in [0.5, 0.6) is 5.75 Å². The maximum Gasteiger partial charge on any atom is 0.497 e. The Morgan fingerprint density at radius 2 is 1.21 bits per heavy atom. The first-order valence-corrected chi connectivity index (χ1v) is 24.4. The lowest BCUT2D eigenvalue weighted by Crippen LogP contribution is -2.41. The Morgan fingerprint density at radius 3 is 1.75 bits per heavy atom. The van der Waals surface area contributed by atoms with Crippen molar-refractivity contribution < 1.29 is 28.1 Å². The summed E-state index contributed by atoms with van der Waals surface area (Å²) in [4.78, 5) is 5.69. The van der Waals surface area contributed by atoms with Crippen molar-refractivity contribution in [3.8, 4) is 5.75 Å². The van der Waals surface area contributed by atoms with Gasteiger partial charge < -0.3 is 28.1 Å². The van der Waals surface area contributed by atoms with Crippen molar-refractivity contribution in [1.29, 1.82) is 0 Å². The van der Waals surface area contributed by atoms with Crippen LogP contribution in [0.15, 0.2) is 93.6 Å². The van der Waals surface area contributed by atoms with E-state index < -0.39 is 36.6 Å². The summed E-state index contributed by atoms with van der Waals surface area (Å²) in [5.41, 5.74) is 4.98. The molecule has 63 heavy (non-hydrogen) atoms. The summed E-state index contributed by atoms with van der Waals surface area (Å²) < 4.78 is 39.6. The number of allylic oxidation sites excluding steroid dienone is 9. The molecule has 2 atom stereocenters. The molecule has 346 valence electrons. The van der Waals surface area contributed by atoms with Crippen molar-refractivity contribution in [1.82, 2.24) is 0 Å². The Labute approximate surface area is 384 Å². The molecule has 0 spiro atoms. The molecular weight excluding hydrogens is 780 g/mol. The van der Waals surface area contributed by atoms with E-state index in [-0.39, 0.29) is 0 Å². The van der Waals surface area contributed by atoms with Gasteiger partial charge in [-0.2, -0.15) is 0 Å². The first kappa shape index (κ1) is 50.9. The highest BCUT2D eigenvalue weighted by Gasteiger charge is 2.56. The average molecular weight is 864 g/mol. The van der Waals surface area contributed by atoms with Crippen LogP contribution in [0.3, 0.4) is 0 Å². The number of nitrogens with zero attached hydrogens (tertiary/aromatic N) is 1. The third-order valence-corrected chi connectivity index (χ3v) is 14.3. The second-order valence-corrected chi connectivity index (χ2v) is 21.8. The van der Waals surface area contributed by atoms with Crippen LogP contribution in [0.2, 0.25) is 0 Å². The number of aliphatic imine (C=N–C) groups is 1. The summed E-state index contributed by atoms with van der Waals surface area (Å²) in [5.74, 6) is 4.49. The third-order valence-electron chi connectivity index (χ3n) is 14.3. The molecule has 0 radical (unpaired) electrons. The molecule has 2 unspecified atom stereocenters. The van der Waals surface area contributed by atoms with Crippen molar-refractivity contribution in [2.45, 2.75) is 190 Å². The zero-order valence-corrected chi connectivity index (χ0v) is 42.2. The van der Waals surface area contributed by atoms with Gasteiger partial charge in [0.1, 0.15) is 11.5 Å². The fraction of sp³-hybridized carbons (Fsp3) is 0.648. The molecule has 1 aromatic rings. The highest BCUT2D eigenvalue weighted by Crippen LogP contribution is 2.44. The Kier molecular flexibility index (Phi) is 17.3. The molecule has 2 fully saturated rings. The van der Waals surface area contributed by atoms with Gasteiger partial charge >= 0.3 is 14.2 Å². The Hall–Kier alpha value is -3.10. The van der Waals surface area contributed by atoms with Crippen molar-refractivity contribution in [2.75, 3.05) is 13.2 Å². The van der Waals surface area contributed by atoms with Crippen molar-refractivity contribution in [3.63, 3.8) is 0 Å². The summed E-state index contributed by atoms with van der Waals surface area (Å²) in [7, 11) is -1.28. The SMILES string of the molecule is C=C1C(B2OC(C)(C)C(C)(C)O2)=CC=C(B2OC(C)(C)C(C)(C)O2)C1=N/C(=C(\C)C1=CC(OCCC(C)CCCC(C)C)=CCC1)c1cccc(OCCC(C)CCCC(C)C)c1. The van der Waals surface area contributed by atoms with E-state index in [1.165, 1.54) is 44.1 Å². The lowest BCUT2D eigenvalue weighted by atomic mass is 9.63. The molecule has 0 aromatic heterocycles. The zero-order valence-electron chi connectivity index (χ0n) is 42.2. The van der Waals surface area contributed by atoms with Crippen LogP contribution in [0.1, 0.15) is 174 Å². The molecule has 7 nitrogen and oxygen atoms in total. The van der Waals surface area contributed by atoms with Gasteiger partial charge in [-0.15, -0.1) is 0 Å². The van der Waals surface area contributed by atoms with Gasteiger partial charge in [0.15, 0.2) is 0 Å². The van der Waals surface area contributed by atoms with E-state index >= 15 is 0 Å². The molecule has 0 N–H and O–H groups in total. The van der Waals surface area contributed by atoms with Gasteiger partial charge in [0, 0.05) is 11.0 Å². The first-order valence-electron chi connectivity index (χ1n) is 24.4. The lowest BCUT2D eigenvalue weighted by molar-refractivity contribution is 0.00578. The van der Waals surface area contributed by atoms with E-state index in [9.17, 15) is 0 Å². The van der Waals surface area contributed by atoms with Crippen LogP contribution < -0.4 is 4.74 Å². The fourth-order valence-electron chi connectivity index (χ4n) is 8.38. The van der Waals surface area contributed by atoms with Gasteiger partial charge in [-0.25, -0.2) is 4.99 Å². The monoisotopic (exact) mass is 864 g/mol. The van der Waals surface area contributed by atoms with Crippen LogP contribution in [0.25, 0.3) is 5.70 Å². The molecule has 2 saturated heterocycles. The van der Waals surface area contributed by atoms with Crippen LogP contribution in [-0.4, -0.2) is 55.6 Å². The van der Waals surface area contributed by atoms with E-state index in [1.54, 1.807) is 0 Å². The van der Waals surface area contributed by atoms with Crippen LogP contribution in [-0.2, 0) is 23.4 Å². The van der Waals surface area contributed by atoms with Crippen molar-refractivity contribution in [2.24, 2.45) is 28.7 Å². The minimum absolute atomic E-state index is 0.522. The second kappa shape index (κ2) is 21.5. The normalized spacial score (nSPS) is 22.5. The van der Waals surface area contributed by atoms with Gasteiger partial charge in [-0.3, -0.25) is 0 Å². The van der Waals surface area contributed by atoms with E-state index in [2.05, 4.69) is 146 Å². The average Bonchev–Trinajstić information content (AvgIpc) is 3.55. The molecule has 5 rings (SSSR count). The Morgan fingerprint density at radius 1 is 0.698 bits per heavy atom. The maximum atomic E-state index is 6.72. The fourth-order valence-corrected chi connectivity index (χ4v) is 8.38. The Balaban J connectivity index is 1.53. The highest BCUT2D eigenvalue weighted by atomic mass is 16.7. The molecule has 2 aliphatic heterocycles. The van der Waals surface area contributed by atoms with E-state index in [1.807, 2.05) is 6.08 Å². The minimum atomic E-state index is -0.662. The van der Waals surface area contributed by atoms with Gasteiger partial charge in [0.05, 0.1) is 47.0 Å². The molecule has 2 heterocycles. The minimum Gasteiger partial charge on any atom is -0.494 e. The van der Waals surface area contributed by atoms with Gasteiger partial charge in [-0.05, 0) is 158 Å². The number of ether oxygens (including phenoxy) is 2. The van der Waals surface area contributed by atoms with Crippen LogP contribution >= 0.6 is 0 Å². The predicted molar refractivity (Wildman–Crippen MR) is 266 cm³/mol. The number of hydrogen-bond acceptors (Lipinski definition) is 7. The van der Waals surface area contributed by atoms with E-state index in [0.29, 0.717) is 36.3 Å². The first-order chi connectivity index (χ1) is 29.5. The van der Waals surface area contributed by atoms with Gasteiger partial charge in [-0.1, -0.05) is 111 Å². The zero-order chi connectivity index (χ0) is 46.3. The summed E-state index contributed by atoms with van der Waals surface area (Å²) >= 11 is 0. The summed E-state index contributed by atoms with van der Waals surface area (Å²) in [5, 5.41) is 0. The number of rotatable bonds is 21. The summed E-state index contributed by atoms with van der Waals surface area (Å²) in [6.07, 6.45) is 19.9. The number of hydrogen-bond donors (Lipinski definition) is 0. The second-order valence-electron chi connectivity index (χ2n) is 21.8. The third kappa shape index (κ3) is 13.3. The number of benzene rings is 1. The Bertz CT molecular complexity index is 1910. The quantitative estimate of drug-likeness (QED) is 0.115. The molecule has 2 aliphatic carbocycles. The summed E-state index contributed by atoms with van der Waals surface area (Å²) in [6, 6.07) is 8.40. The maximum absolute atomic E-state index is 6.72. The predicted octanol–water partition coefficient (Wildman–Crippen LogP) is 14.2. The smallest absolute Gasteiger partial charge is 0.494 e. The van der Waals surface area contributed by atoms with Crippen LogP contribution in [0, 0.1) is 23.7 Å². The molecule has 1 aromatic carbocycles. The highest BCUT2D eigenvalue weighted by molar-refractivity contribution is 6.67. The largest absolute Gasteiger partial charge is 0.497 e. The molecular formula is C54H83B2NO6. The molecule has 0 amide bonds. The standard InChI is InChI=1S/C54H83B2NO6/c1-37(2)21-17-23-39(5)31-33-58-45-27-19-25-43(35-45)41(7)49(44-26-20-28-46(36-44)59-34-32-40(6)24-18-22-38(3)4)57-50-42(8)47(55-60-51(9,10)52(11,12)61-55)29-30-48(50)56-62-53(13,14)54(15,16)63-56/h20,26-30,35-40H,8,17-19,21-25,31-34H2,1-7,9-16H3/b49-41+,57-50?. The van der Waals surface area contributed by atoms with Crippen LogP contribution in [0.4, 0.5) is 0 Å². The molecule has 0 bridgehead atoms. The molecule has 0 saturated carbocycles. The summed E-state index contributed by atoms with van der Waals surface area (Å²) in [6.45, 7) is 38.8. The van der Waals surface area contributed by atoms with Gasteiger partial charge in [0.2, 0.25) is 0 Å². The van der Waals surface area contributed by atoms with Crippen molar-refractivity contribution in [3.05, 3.63) is 94.1 Å². The lowest BCUT2D eigenvalue weighted by Gasteiger charge is -2.32. The van der Waals surface area contributed by atoms with Gasteiger partial charge in [0.25, 0.3) is 0 Å². The van der Waals surface area contributed by atoms with E-state index in [4.69, 9.17) is 39.7 Å².